The Bertz CT molecular complexity index is 1510. The first kappa shape index (κ1) is 33.4. The van der Waals surface area contributed by atoms with Crippen molar-refractivity contribution < 1.29 is 50.4 Å². The highest BCUT2D eigenvalue weighted by Crippen LogP contribution is 2.73. The van der Waals surface area contributed by atoms with Crippen LogP contribution in [-0.4, -0.2) is 94.5 Å². The van der Waals surface area contributed by atoms with Crippen molar-refractivity contribution in [3.05, 3.63) is 34.9 Å². The molecule has 47 heavy (non-hydrogen) atoms. The standard InChI is InChI=1S/C37H52O10/c1-17(2)18(3)30(43)32-36(45,10-11-38)31-26(47-32)15-37(46)23-14-25(41)29-28-21-12-19(39)13-24(40)20(21)6-9-35(28,44)27(42)16-33(29,4)22(23)7-8-34(31,37)5/h12-14,17-18,22,26-32,38-40,42-46H,6-11,15-16H2,1-5H3/t18-,22+,26-,27-,28+,29-,30-,31+,32+,33+,34+,35+,36+,37-/m0/s1. The fraction of sp³-hybridized carbons (Fsp3) is 0.757. The molecule has 14 atom stereocenters. The Hall–Kier alpha value is -2.05. The summed E-state index contributed by atoms with van der Waals surface area (Å²) in [5.74, 6) is -3.26. The number of phenols is 2. The molecule has 4 fully saturated rings. The number of hydrogen-bond donors (Lipinski definition) is 8. The summed E-state index contributed by atoms with van der Waals surface area (Å²) >= 11 is 0. The Morgan fingerprint density at radius 3 is 2.38 bits per heavy atom. The van der Waals surface area contributed by atoms with Crippen molar-refractivity contribution in [3.63, 3.8) is 0 Å². The number of hydrogen-bond acceptors (Lipinski definition) is 10. The highest BCUT2D eigenvalue weighted by Gasteiger charge is 2.77. The predicted molar refractivity (Wildman–Crippen MR) is 170 cm³/mol. The third-order valence-electron chi connectivity index (χ3n) is 14.6. The van der Waals surface area contributed by atoms with E-state index in [1.807, 2.05) is 34.6 Å². The Morgan fingerprint density at radius 2 is 1.72 bits per heavy atom. The first-order valence-corrected chi connectivity index (χ1v) is 17.5. The molecule has 10 nitrogen and oxygen atoms in total. The van der Waals surface area contributed by atoms with Crippen LogP contribution in [0.1, 0.15) is 90.2 Å². The number of aliphatic hydroxyl groups excluding tert-OH is 3. The van der Waals surface area contributed by atoms with E-state index >= 15 is 0 Å². The molecular formula is C37H52O10. The van der Waals surface area contributed by atoms with E-state index in [0.29, 0.717) is 29.5 Å². The van der Waals surface area contributed by atoms with Gasteiger partial charge in [0.1, 0.15) is 23.2 Å². The maximum Gasteiger partial charge on any atom is 0.160 e. The van der Waals surface area contributed by atoms with E-state index in [9.17, 15) is 45.6 Å². The van der Waals surface area contributed by atoms with Crippen LogP contribution in [0.5, 0.6) is 11.5 Å². The second-order valence-corrected chi connectivity index (χ2v) is 16.9. The molecule has 0 bridgehead atoms. The van der Waals surface area contributed by atoms with Crippen molar-refractivity contribution in [1.82, 2.24) is 0 Å². The van der Waals surface area contributed by atoms with Gasteiger partial charge in [-0.2, -0.15) is 0 Å². The SMILES string of the molecule is CC(C)[C@H](C)[C@H](O)[C@H]1O[C@H]2C[C@]3(O)C4=CC(=O)[C@H]5[C@H]6c7cc(O)cc(O)c7CC[C@@]6(O)[C@@H](O)C[C@]5(C)[C@@H]4CC[C@]3(C)[C@@H]2[C@]1(O)CCO. The summed E-state index contributed by atoms with van der Waals surface area (Å²) in [5.41, 5.74) is -5.06. The first-order valence-electron chi connectivity index (χ1n) is 17.5. The van der Waals surface area contributed by atoms with Gasteiger partial charge in [-0.1, -0.05) is 34.6 Å². The largest absolute Gasteiger partial charge is 0.508 e. The number of carbonyl (C=O) groups excluding carboxylic acids is 1. The minimum absolute atomic E-state index is 0.0286. The number of fused-ring (bicyclic) bond motifs is 11. The maximum atomic E-state index is 14.5. The van der Waals surface area contributed by atoms with Crippen molar-refractivity contribution in [2.24, 2.45) is 40.4 Å². The molecule has 0 unspecified atom stereocenters. The normalized spacial score (nSPS) is 48.0. The van der Waals surface area contributed by atoms with Crippen LogP contribution in [0.15, 0.2) is 23.8 Å². The quantitative estimate of drug-likeness (QED) is 0.234. The number of ketones is 1. The van der Waals surface area contributed by atoms with Crippen molar-refractivity contribution in [2.45, 2.75) is 127 Å². The highest BCUT2D eigenvalue weighted by molar-refractivity contribution is 5.96. The maximum absolute atomic E-state index is 14.5. The second-order valence-electron chi connectivity index (χ2n) is 16.9. The Morgan fingerprint density at radius 1 is 1.02 bits per heavy atom. The van der Waals surface area contributed by atoms with Gasteiger partial charge in [0.05, 0.1) is 29.5 Å². The molecule has 0 aromatic heterocycles. The van der Waals surface area contributed by atoms with Crippen LogP contribution in [-0.2, 0) is 16.0 Å². The molecule has 7 rings (SSSR count). The van der Waals surface area contributed by atoms with Crippen LogP contribution in [0.3, 0.4) is 0 Å². The van der Waals surface area contributed by atoms with Crippen LogP contribution in [0.2, 0.25) is 0 Å². The molecule has 5 aliphatic carbocycles. The van der Waals surface area contributed by atoms with E-state index < -0.39 is 69.8 Å². The molecule has 8 N–H and O–H groups in total. The van der Waals surface area contributed by atoms with Gasteiger partial charge in [-0.05, 0) is 84.1 Å². The minimum atomic E-state index is -1.64. The number of benzene rings is 1. The van der Waals surface area contributed by atoms with E-state index in [4.69, 9.17) is 4.74 Å². The first-order chi connectivity index (χ1) is 21.9. The van der Waals surface area contributed by atoms with Gasteiger partial charge < -0.3 is 45.6 Å². The van der Waals surface area contributed by atoms with E-state index in [-0.39, 0.29) is 73.7 Å². The molecule has 1 heterocycles. The van der Waals surface area contributed by atoms with Crippen molar-refractivity contribution in [2.75, 3.05) is 6.61 Å². The molecule has 3 saturated carbocycles. The molecule has 10 heteroatoms. The molecule has 0 spiro atoms. The average Bonchev–Trinajstić information content (AvgIpc) is 3.40. The van der Waals surface area contributed by atoms with Gasteiger partial charge in [-0.3, -0.25) is 4.79 Å². The summed E-state index contributed by atoms with van der Waals surface area (Å²) in [4.78, 5) is 14.5. The van der Waals surface area contributed by atoms with Gasteiger partial charge in [0.25, 0.3) is 0 Å². The van der Waals surface area contributed by atoms with Crippen LogP contribution in [0, 0.1) is 40.4 Å². The monoisotopic (exact) mass is 656 g/mol. The molecule has 1 aromatic rings. The number of carbonyl (C=O) groups is 1. The lowest BCUT2D eigenvalue weighted by Crippen LogP contribution is -2.67. The fourth-order valence-electron chi connectivity index (χ4n) is 11.9. The van der Waals surface area contributed by atoms with E-state index in [1.165, 1.54) is 18.2 Å². The topological polar surface area (TPSA) is 188 Å². The van der Waals surface area contributed by atoms with Crippen LogP contribution in [0.4, 0.5) is 0 Å². The minimum Gasteiger partial charge on any atom is -0.508 e. The summed E-state index contributed by atoms with van der Waals surface area (Å²) in [5, 5.41) is 91.7. The van der Waals surface area contributed by atoms with Gasteiger partial charge >= 0.3 is 0 Å². The Balaban J connectivity index is 1.32. The van der Waals surface area contributed by atoms with Crippen LogP contribution in [0.25, 0.3) is 0 Å². The van der Waals surface area contributed by atoms with E-state index in [2.05, 4.69) is 0 Å². The van der Waals surface area contributed by atoms with Gasteiger partial charge in [-0.25, -0.2) is 0 Å². The zero-order chi connectivity index (χ0) is 34.2. The van der Waals surface area contributed by atoms with Gasteiger partial charge in [-0.15, -0.1) is 0 Å². The van der Waals surface area contributed by atoms with Gasteiger partial charge in [0.2, 0.25) is 0 Å². The molecular weight excluding hydrogens is 604 g/mol. The molecule has 1 saturated heterocycles. The van der Waals surface area contributed by atoms with E-state index in [0.717, 1.165) is 0 Å². The van der Waals surface area contributed by atoms with E-state index in [1.54, 1.807) is 0 Å². The third-order valence-corrected chi connectivity index (χ3v) is 14.6. The van der Waals surface area contributed by atoms with Crippen molar-refractivity contribution in [1.29, 1.82) is 0 Å². The summed E-state index contributed by atoms with van der Waals surface area (Å²) in [7, 11) is 0. The zero-order valence-electron chi connectivity index (χ0n) is 28.1. The number of rotatable bonds is 5. The Labute approximate surface area is 276 Å². The predicted octanol–water partition coefficient (Wildman–Crippen LogP) is 2.46. The van der Waals surface area contributed by atoms with Crippen molar-refractivity contribution >= 4 is 5.78 Å². The lowest BCUT2D eigenvalue weighted by Gasteiger charge is -2.64. The average molecular weight is 657 g/mol. The third kappa shape index (κ3) is 4.12. The zero-order valence-corrected chi connectivity index (χ0v) is 28.1. The summed E-state index contributed by atoms with van der Waals surface area (Å²) in [6.45, 7) is 9.46. The number of phenolic OH excluding ortho intramolecular Hbond substituents is 2. The van der Waals surface area contributed by atoms with Gasteiger partial charge in [0.15, 0.2) is 5.78 Å². The molecule has 0 amide bonds. The lowest BCUT2D eigenvalue weighted by atomic mass is 9.41. The summed E-state index contributed by atoms with van der Waals surface area (Å²) in [6.07, 6.45) is -0.565. The molecule has 6 aliphatic rings. The summed E-state index contributed by atoms with van der Waals surface area (Å²) < 4.78 is 6.51. The van der Waals surface area contributed by atoms with Crippen molar-refractivity contribution in [3.8, 4) is 11.5 Å². The number of ether oxygens (including phenoxy) is 1. The fourth-order valence-corrected chi connectivity index (χ4v) is 11.9. The lowest BCUT2D eigenvalue weighted by molar-refractivity contribution is -0.202. The highest BCUT2D eigenvalue weighted by atomic mass is 16.5. The Kier molecular flexibility index (Phi) is 7.46. The molecule has 260 valence electrons. The van der Waals surface area contributed by atoms with Crippen LogP contribution < -0.4 is 0 Å². The summed E-state index contributed by atoms with van der Waals surface area (Å²) in [6, 6.07) is 2.74. The smallest absolute Gasteiger partial charge is 0.160 e. The molecule has 1 aliphatic heterocycles. The van der Waals surface area contributed by atoms with Gasteiger partial charge in [0, 0.05) is 48.7 Å². The number of allylic oxidation sites excluding steroid dienone is 1. The number of aliphatic hydroxyl groups is 6. The van der Waals surface area contributed by atoms with Crippen LogP contribution >= 0.6 is 0 Å². The molecule has 1 aromatic carbocycles. The second kappa shape index (κ2) is 10.5. The number of aromatic hydroxyl groups is 2. The molecule has 0 radical (unpaired) electrons.